The predicted molar refractivity (Wildman–Crippen MR) is 110 cm³/mol. The summed E-state index contributed by atoms with van der Waals surface area (Å²) in [6.07, 6.45) is 0.544. The zero-order valence-electron chi connectivity index (χ0n) is 17.1. The van der Waals surface area contributed by atoms with Gasteiger partial charge in [-0.05, 0) is 17.7 Å². The first-order valence-electron chi connectivity index (χ1n) is 9.33. The number of carbonyl (C=O) groups is 2. The van der Waals surface area contributed by atoms with E-state index in [4.69, 9.17) is 9.47 Å². The quantitative estimate of drug-likeness (QED) is 0.754. The number of likely N-dealkylation sites (N-methyl/N-ethyl adjacent to an activating group) is 1. The summed E-state index contributed by atoms with van der Waals surface area (Å²) in [6.45, 7) is 1.40. The Morgan fingerprint density at radius 1 is 1.14 bits per heavy atom. The molecule has 0 fully saturated rings. The monoisotopic (exact) mass is 395 g/mol. The minimum absolute atomic E-state index is 0.0325. The van der Waals surface area contributed by atoms with E-state index in [-0.39, 0.29) is 24.4 Å². The van der Waals surface area contributed by atoms with Crippen molar-refractivity contribution in [1.82, 2.24) is 9.91 Å². The van der Waals surface area contributed by atoms with E-state index in [0.717, 1.165) is 16.8 Å². The van der Waals surface area contributed by atoms with Gasteiger partial charge in [-0.2, -0.15) is 5.10 Å². The number of hydrogen-bond acceptors (Lipinski definition) is 5. The van der Waals surface area contributed by atoms with Crippen LogP contribution in [0.2, 0.25) is 0 Å². The van der Waals surface area contributed by atoms with Crippen molar-refractivity contribution in [2.75, 3.05) is 27.8 Å². The molecule has 1 aliphatic heterocycles. The Hall–Kier alpha value is -3.35. The van der Waals surface area contributed by atoms with Crippen LogP contribution in [0.15, 0.2) is 53.6 Å². The van der Waals surface area contributed by atoms with Crippen LogP contribution in [0.5, 0.6) is 11.5 Å². The molecule has 0 bridgehead atoms. The molecule has 2 amide bonds. The van der Waals surface area contributed by atoms with Crippen LogP contribution in [0.1, 0.15) is 30.5 Å². The summed E-state index contributed by atoms with van der Waals surface area (Å²) in [4.78, 5) is 25.9. The van der Waals surface area contributed by atoms with E-state index in [1.807, 2.05) is 42.5 Å². The molecule has 0 saturated carbocycles. The Balaban J connectivity index is 1.97. The molecule has 1 atom stereocenters. The lowest BCUT2D eigenvalue weighted by atomic mass is 9.98. The fraction of sp³-hybridized carbons (Fsp3) is 0.318. The highest BCUT2D eigenvalue weighted by Crippen LogP contribution is 2.36. The van der Waals surface area contributed by atoms with E-state index < -0.39 is 0 Å². The van der Waals surface area contributed by atoms with Crippen molar-refractivity contribution in [1.29, 1.82) is 0 Å². The zero-order valence-corrected chi connectivity index (χ0v) is 17.1. The molecule has 29 heavy (non-hydrogen) atoms. The number of rotatable bonds is 6. The maximum absolute atomic E-state index is 12.9. The minimum atomic E-state index is -0.245. The highest BCUT2D eigenvalue weighted by molar-refractivity contribution is 6.05. The number of amides is 2. The van der Waals surface area contributed by atoms with Crippen LogP contribution in [0.4, 0.5) is 0 Å². The molecule has 0 radical (unpaired) electrons. The van der Waals surface area contributed by atoms with Crippen molar-refractivity contribution >= 4 is 17.5 Å². The van der Waals surface area contributed by atoms with Crippen molar-refractivity contribution in [2.45, 2.75) is 19.4 Å². The van der Waals surface area contributed by atoms with Gasteiger partial charge in [0.15, 0.2) is 0 Å². The van der Waals surface area contributed by atoms with Gasteiger partial charge in [-0.15, -0.1) is 0 Å². The van der Waals surface area contributed by atoms with Crippen LogP contribution in [0, 0.1) is 0 Å². The van der Waals surface area contributed by atoms with Gasteiger partial charge in [0.2, 0.25) is 5.91 Å². The molecular formula is C22H25N3O4. The van der Waals surface area contributed by atoms with Crippen LogP contribution in [0.3, 0.4) is 0 Å². The molecule has 0 aromatic heterocycles. The Bertz CT molecular complexity index is 927. The van der Waals surface area contributed by atoms with E-state index >= 15 is 0 Å². The third-order valence-electron chi connectivity index (χ3n) is 4.98. The Labute approximate surface area is 170 Å². The van der Waals surface area contributed by atoms with Crippen LogP contribution in [0.25, 0.3) is 0 Å². The van der Waals surface area contributed by atoms with Gasteiger partial charge in [-0.3, -0.25) is 9.59 Å². The maximum atomic E-state index is 12.9. The van der Waals surface area contributed by atoms with Crippen LogP contribution >= 0.6 is 0 Å². The Morgan fingerprint density at radius 3 is 2.48 bits per heavy atom. The lowest BCUT2D eigenvalue weighted by molar-refractivity contribution is -0.139. The molecule has 2 aromatic rings. The van der Waals surface area contributed by atoms with Crippen molar-refractivity contribution in [3.8, 4) is 11.5 Å². The van der Waals surface area contributed by atoms with Gasteiger partial charge in [0.1, 0.15) is 18.0 Å². The average molecular weight is 395 g/mol. The molecular weight excluding hydrogens is 370 g/mol. The van der Waals surface area contributed by atoms with Crippen molar-refractivity contribution in [3.63, 3.8) is 0 Å². The predicted octanol–water partition coefficient (Wildman–Crippen LogP) is 2.86. The summed E-state index contributed by atoms with van der Waals surface area (Å²) in [7, 11) is 4.79. The Morgan fingerprint density at radius 2 is 1.86 bits per heavy atom. The second-order valence-electron chi connectivity index (χ2n) is 6.86. The normalized spacial score (nSPS) is 15.7. The number of benzene rings is 2. The molecule has 0 aliphatic carbocycles. The molecule has 0 unspecified atom stereocenters. The van der Waals surface area contributed by atoms with Gasteiger partial charge in [0, 0.05) is 32.0 Å². The third kappa shape index (κ3) is 4.39. The van der Waals surface area contributed by atoms with Gasteiger partial charge in [0.05, 0.1) is 26.0 Å². The molecule has 0 saturated heterocycles. The van der Waals surface area contributed by atoms with E-state index in [1.54, 1.807) is 27.3 Å². The topological polar surface area (TPSA) is 71.4 Å². The highest BCUT2D eigenvalue weighted by atomic mass is 16.5. The van der Waals surface area contributed by atoms with Crippen molar-refractivity contribution in [2.24, 2.45) is 5.10 Å². The summed E-state index contributed by atoms with van der Waals surface area (Å²) in [6, 6.07) is 15.0. The molecule has 3 rings (SSSR count). The Kier molecular flexibility index (Phi) is 6.16. The fourth-order valence-electron chi connectivity index (χ4n) is 3.26. The second-order valence-corrected chi connectivity index (χ2v) is 6.86. The van der Waals surface area contributed by atoms with Crippen LogP contribution in [-0.4, -0.2) is 55.2 Å². The summed E-state index contributed by atoms with van der Waals surface area (Å²) < 4.78 is 10.8. The second kappa shape index (κ2) is 8.77. The summed E-state index contributed by atoms with van der Waals surface area (Å²) in [5.41, 5.74) is 2.54. The molecule has 0 spiro atoms. The molecule has 7 heteroatoms. The number of ether oxygens (including phenoxy) is 2. The molecule has 7 nitrogen and oxygen atoms in total. The largest absolute Gasteiger partial charge is 0.497 e. The molecule has 1 aliphatic rings. The van der Waals surface area contributed by atoms with E-state index in [9.17, 15) is 9.59 Å². The van der Waals surface area contributed by atoms with E-state index in [2.05, 4.69) is 5.10 Å². The van der Waals surface area contributed by atoms with Gasteiger partial charge in [0.25, 0.3) is 5.91 Å². The average Bonchev–Trinajstić information content (AvgIpc) is 3.19. The van der Waals surface area contributed by atoms with E-state index in [0.29, 0.717) is 17.9 Å². The fourth-order valence-corrected chi connectivity index (χ4v) is 3.26. The number of hydrogen-bond donors (Lipinski definition) is 0. The number of nitrogens with zero attached hydrogens (tertiary/aromatic N) is 3. The molecule has 1 heterocycles. The summed E-state index contributed by atoms with van der Waals surface area (Å²) >= 11 is 0. The molecule has 152 valence electrons. The van der Waals surface area contributed by atoms with Gasteiger partial charge >= 0.3 is 0 Å². The molecule has 0 N–H and O–H groups in total. The van der Waals surface area contributed by atoms with Gasteiger partial charge < -0.3 is 14.4 Å². The van der Waals surface area contributed by atoms with Crippen molar-refractivity contribution < 1.29 is 19.1 Å². The number of carbonyl (C=O) groups excluding carboxylic acids is 2. The number of hydrazone groups is 1. The number of methoxy groups -OCH3 is 2. The first-order chi connectivity index (χ1) is 13.9. The third-order valence-corrected chi connectivity index (χ3v) is 4.98. The lowest BCUT2D eigenvalue weighted by Gasteiger charge is -2.24. The first-order valence-corrected chi connectivity index (χ1v) is 9.33. The summed E-state index contributed by atoms with van der Waals surface area (Å²) in [5, 5.41) is 6.11. The maximum Gasteiger partial charge on any atom is 0.262 e. The van der Waals surface area contributed by atoms with Crippen LogP contribution < -0.4 is 9.47 Å². The lowest BCUT2D eigenvalue weighted by Crippen LogP contribution is -2.38. The smallest absolute Gasteiger partial charge is 0.262 e. The minimum Gasteiger partial charge on any atom is -0.497 e. The van der Waals surface area contributed by atoms with E-state index in [1.165, 1.54) is 16.8 Å². The zero-order chi connectivity index (χ0) is 21.0. The van der Waals surface area contributed by atoms with Crippen LogP contribution in [-0.2, 0) is 9.59 Å². The first kappa shape index (κ1) is 20.4. The highest BCUT2D eigenvalue weighted by Gasteiger charge is 2.34. The molecule has 2 aromatic carbocycles. The standard InChI is InChI=1S/C22H25N3O4/c1-15(26)24(2)14-22(27)25-20(16-8-6-5-7-9-16)13-19(23-25)18-11-10-17(28-3)12-21(18)29-4/h5-12,20H,13-14H2,1-4H3/t20-/m1/s1. The van der Waals surface area contributed by atoms with Gasteiger partial charge in [-0.1, -0.05) is 30.3 Å². The van der Waals surface area contributed by atoms with Crippen molar-refractivity contribution in [3.05, 3.63) is 59.7 Å². The summed E-state index contributed by atoms with van der Waals surface area (Å²) in [5.74, 6) is 0.902. The SMILES string of the molecule is COc1ccc(C2=NN(C(=O)CN(C)C(C)=O)[C@@H](c3ccccc3)C2)c(OC)c1. The van der Waals surface area contributed by atoms with Gasteiger partial charge in [-0.25, -0.2) is 5.01 Å².